The predicted molar refractivity (Wildman–Crippen MR) is 122 cm³/mol. The highest BCUT2D eigenvalue weighted by molar-refractivity contribution is 6.00. The summed E-state index contributed by atoms with van der Waals surface area (Å²) in [6, 6.07) is 11.4. The second-order valence-electron chi connectivity index (χ2n) is 8.72. The number of ether oxygens (including phenoxy) is 1. The number of ketones is 1. The van der Waals surface area contributed by atoms with Gasteiger partial charge in [0.25, 0.3) is 11.7 Å². The maximum absolute atomic E-state index is 12.9. The first-order valence-corrected chi connectivity index (χ1v) is 11.4. The molecule has 9 heteroatoms. The highest BCUT2D eigenvalue weighted by atomic mass is 19.4. The van der Waals surface area contributed by atoms with Crippen LogP contribution in [0.3, 0.4) is 0 Å². The van der Waals surface area contributed by atoms with E-state index in [4.69, 9.17) is 4.74 Å². The Kier molecular flexibility index (Phi) is 7.23. The first-order valence-electron chi connectivity index (χ1n) is 11.4. The van der Waals surface area contributed by atoms with E-state index in [0.717, 1.165) is 50.4 Å². The molecule has 0 unspecified atom stereocenters. The first kappa shape index (κ1) is 24.2. The molecule has 0 radical (unpaired) electrons. The molecule has 0 saturated carbocycles. The average molecular weight is 476 g/mol. The Morgan fingerprint density at radius 2 is 1.65 bits per heavy atom. The molecule has 2 aromatic carbocycles. The minimum Gasteiger partial charge on any atom is -0.376 e. The largest absolute Gasteiger partial charge is 0.454 e. The van der Waals surface area contributed by atoms with Crippen molar-refractivity contribution in [2.75, 3.05) is 57.8 Å². The molecule has 1 amide bonds. The van der Waals surface area contributed by atoms with E-state index in [1.807, 2.05) is 25.2 Å². The monoisotopic (exact) mass is 475 g/mol. The van der Waals surface area contributed by atoms with Gasteiger partial charge in [-0.3, -0.25) is 14.5 Å². The molecular weight excluding hydrogens is 447 g/mol. The lowest BCUT2D eigenvalue weighted by Gasteiger charge is -2.36. The smallest absolute Gasteiger partial charge is 0.376 e. The van der Waals surface area contributed by atoms with Crippen LogP contribution in [0.25, 0.3) is 0 Å². The van der Waals surface area contributed by atoms with E-state index >= 15 is 0 Å². The Morgan fingerprint density at radius 3 is 2.32 bits per heavy atom. The van der Waals surface area contributed by atoms with Crippen LogP contribution in [0.15, 0.2) is 42.5 Å². The summed E-state index contributed by atoms with van der Waals surface area (Å²) in [4.78, 5) is 30.3. The van der Waals surface area contributed by atoms with Gasteiger partial charge in [0.05, 0.1) is 13.2 Å². The van der Waals surface area contributed by atoms with Gasteiger partial charge in [-0.05, 0) is 53.9 Å². The number of nitrogens with zero attached hydrogens (tertiary/aromatic N) is 3. The zero-order valence-electron chi connectivity index (χ0n) is 19.1. The summed E-state index contributed by atoms with van der Waals surface area (Å²) in [6.45, 7) is 5.63. The van der Waals surface area contributed by atoms with Gasteiger partial charge in [-0.1, -0.05) is 6.07 Å². The maximum atomic E-state index is 12.9. The minimum absolute atomic E-state index is 0.00132. The fourth-order valence-electron chi connectivity index (χ4n) is 4.33. The third-order valence-corrected chi connectivity index (χ3v) is 6.45. The van der Waals surface area contributed by atoms with Gasteiger partial charge in [-0.15, -0.1) is 0 Å². The number of fused-ring (bicyclic) bond motifs is 1. The van der Waals surface area contributed by atoms with Crippen molar-refractivity contribution in [1.29, 1.82) is 0 Å². The number of Topliss-reactive ketones (excluding diaryl/α,β-unsaturated/α-hetero) is 1. The third kappa shape index (κ3) is 5.59. The van der Waals surface area contributed by atoms with Gasteiger partial charge in [0.2, 0.25) is 0 Å². The lowest BCUT2D eigenvalue weighted by atomic mass is 10.00. The number of halogens is 3. The van der Waals surface area contributed by atoms with Crippen LogP contribution < -0.4 is 4.90 Å². The van der Waals surface area contributed by atoms with Crippen molar-refractivity contribution in [3.05, 3.63) is 64.7 Å². The fourth-order valence-corrected chi connectivity index (χ4v) is 4.33. The molecule has 2 aliphatic heterocycles. The SMILES string of the molecule is CN(CCN1CCN(c2ccc(C(=O)C(F)(F)F)cc2)CC1)C(=O)c1ccc2c(c1)CCOC2. The molecule has 0 aliphatic carbocycles. The highest BCUT2D eigenvalue weighted by Crippen LogP contribution is 2.24. The number of hydrogen-bond donors (Lipinski definition) is 0. The molecule has 1 saturated heterocycles. The van der Waals surface area contributed by atoms with E-state index in [1.165, 1.54) is 17.7 Å². The van der Waals surface area contributed by atoms with Gasteiger partial charge >= 0.3 is 6.18 Å². The summed E-state index contributed by atoms with van der Waals surface area (Å²) in [5.41, 5.74) is 3.46. The van der Waals surface area contributed by atoms with Crippen molar-refractivity contribution in [2.24, 2.45) is 0 Å². The van der Waals surface area contributed by atoms with Gasteiger partial charge < -0.3 is 14.5 Å². The van der Waals surface area contributed by atoms with E-state index in [1.54, 1.807) is 17.0 Å². The summed E-state index contributed by atoms with van der Waals surface area (Å²) in [5, 5.41) is 0. The fraction of sp³-hybridized carbons (Fsp3) is 0.440. The van der Waals surface area contributed by atoms with Crippen LogP contribution in [0.1, 0.15) is 31.8 Å². The van der Waals surface area contributed by atoms with E-state index in [-0.39, 0.29) is 11.5 Å². The van der Waals surface area contributed by atoms with Gasteiger partial charge in [0.15, 0.2) is 0 Å². The predicted octanol–water partition coefficient (Wildman–Crippen LogP) is 3.40. The van der Waals surface area contributed by atoms with Crippen LogP contribution in [0.2, 0.25) is 0 Å². The first-order chi connectivity index (χ1) is 16.2. The Labute approximate surface area is 196 Å². The van der Waals surface area contributed by atoms with E-state index in [9.17, 15) is 22.8 Å². The van der Waals surface area contributed by atoms with Gasteiger partial charge in [-0.25, -0.2) is 0 Å². The number of carbonyl (C=O) groups excluding carboxylic acids is 2. The second kappa shape index (κ2) is 10.1. The number of benzene rings is 2. The molecule has 182 valence electrons. The number of likely N-dealkylation sites (N-methyl/N-ethyl adjacent to an activating group) is 1. The van der Waals surface area contributed by atoms with Crippen LogP contribution >= 0.6 is 0 Å². The molecule has 0 spiro atoms. The standard InChI is InChI=1S/C25H28F3N3O3/c1-29(24(33)20-2-3-21-17-34-15-8-19(21)16-20)9-10-30-11-13-31(14-12-30)22-6-4-18(5-7-22)23(32)25(26,27)28/h2-7,16H,8-15,17H2,1H3. The molecule has 0 N–H and O–H groups in total. The third-order valence-electron chi connectivity index (χ3n) is 6.45. The van der Waals surface area contributed by atoms with Crippen molar-refractivity contribution < 1.29 is 27.5 Å². The number of carbonyl (C=O) groups is 2. The molecule has 2 heterocycles. The molecule has 0 atom stereocenters. The van der Waals surface area contributed by atoms with Crippen LogP contribution in [-0.4, -0.2) is 80.6 Å². The molecule has 34 heavy (non-hydrogen) atoms. The van der Waals surface area contributed by atoms with Crippen molar-refractivity contribution in [3.8, 4) is 0 Å². The molecule has 6 nitrogen and oxygen atoms in total. The molecule has 1 fully saturated rings. The second-order valence-corrected chi connectivity index (χ2v) is 8.72. The van der Waals surface area contributed by atoms with Crippen molar-refractivity contribution in [1.82, 2.24) is 9.80 Å². The van der Waals surface area contributed by atoms with Crippen molar-refractivity contribution >= 4 is 17.4 Å². The van der Waals surface area contributed by atoms with Gasteiger partial charge in [-0.2, -0.15) is 13.2 Å². The number of piperazine rings is 1. The van der Waals surface area contributed by atoms with E-state index in [0.29, 0.717) is 25.3 Å². The lowest BCUT2D eigenvalue weighted by Crippen LogP contribution is -2.48. The van der Waals surface area contributed by atoms with Crippen molar-refractivity contribution in [2.45, 2.75) is 19.2 Å². The summed E-state index contributed by atoms with van der Waals surface area (Å²) in [7, 11) is 1.81. The summed E-state index contributed by atoms with van der Waals surface area (Å²) >= 11 is 0. The quantitative estimate of drug-likeness (QED) is 0.600. The van der Waals surface area contributed by atoms with Gasteiger partial charge in [0.1, 0.15) is 0 Å². The zero-order chi connectivity index (χ0) is 24.3. The number of hydrogen-bond acceptors (Lipinski definition) is 5. The van der Waals surface area contributed by atoms with Gasteiger partial charge in [0, 0.05) is 63.1 Å². The Hall–Kier alpha value is -2.91. The normalized spacial score (nSPS) is 16.8. The Bertz CT molecular complexity index is 1030. The Balaban J connectivity index is 1.25. The highest BCUT2D eigenvalue weighted by Gasteiger charge is 2.39. The molecule has 0 aromatic heterocycles. The topological polar surface area (TPSA) is 53.1 Å². The number of anilines is 1. The summed E-state index contributed by atoms with van der Waals surface area (Å²) in [6.07, 6.45) is -4.04. The zero-order valence-corrected chi connectivity index (χ0v) is 19.1. The average Bonchev–Trinajstić information content (AvgIpc) is 2.86. The van der Waals surface area contributed by atoms with Crippen LogP contribution in [0.5, 0.6) is 0 Å². The lowest BCUT2D eigenvalue weighted by molar-refractivity contribution is -0.0885. The molecule has 4 rings (SSSR count). The van der Waals surface area contributed by atoms with Crippen LogP contribution in [0.4, 0.5) is 18.9 Å². The Morgan fingerprint density at radius 1 is 0.971 bits per heavy atom. The molecule has 2 aromatic rings. The maximum Gasteiger partial charge on any atom is 0.454 e. The molecule has 0 bridgehead atoms. The molecular formula is C25H28F3N3O3. The van der Waals surface area contributed by atoms with Crippen molar-refractivity contribution in [3.63, 3.8) is 0 Å². The number of alkyl halides is 3. The van der Waals surface area contributed by atoms with Crippen LogP contribution in [0, 0.1) is 0 Å². The molecule has 2 aliphatic rings. The van der Waals surface area contributed by atoms with Crippen LogP contribution in [-0.2, 0) is 17.8 Å². The van der Waals surface area contributed by atoms with E-state index < -0.39 is 12.0 Å². The van der Waals surface area contributed by atoms with E-state index in [2.05, 4.69) is 9.80 Å². The summed E-state index contributed by atoms with van der Waals surface area (Å²) in [5.74, 6) is -1.83. The number of amides is 1. The number of rotatable bonds is 6. The minimum atomic E-state index is -4.86. The summed E-state index contributed by atoms with van der Waals surface area (Å²) < 4.78 is 43.2.